The van der Waals surface area contributed by atoms with Crippen molar-refractivity contribution in [2.75, 3.05) is 7.11 Å². The van der Waals surface area contributed by atoms with Crippen molar-refractivity contribution in [3.8, 4) is 5.75 Å². The van der Waals surface area contributed by atoms with Crippen LogP contribution in [0.3, 0.4) is 0 Å². The van der Waals surface area contributed by atoms with Crippen LogP contribution in [0.1, 0.15) is 33.0 Å². The lowest BCUT2D eigenvalue weighted by molar-refractivity contribution is -0.763. The zero-order valence-corrected chi connectivity index (χ0v) is 22.0. The van der Waals surface area contributed by atoms with Crippen LogP contribution >= 0.6 is 24.0 Å². The average Bonchev–Trinajstić information content (AvgIpc) is 3.16. The molecule has 0 aliphatic rings. The lowest BCUT2D eigenvalue weighted by atomic mass is 10.1. The van der Waals surface area contributed by atoms with Gasteiger partial charge in [0.15, 0.2) is 0 Å². The smallest absolute Gasteiger partial charge is 0.310 e. The number of esters is 1. The first-order valence-corrected chi connectivity index (χ1v) is 11.5. The van der Waals surface area contributed by atoms with Crippen LogP contribution in [0.25, 0.3) is 10.9 Å². The van der Waals surface area contributed by atoms with E-state index in [0.717, 1.165) is 0 Å². The van der Waals surface area contributed by atoms with Crippen molar-refractivity contribution in [3.63, 3.8) is 0 Å². The molecule has 0 amide bonds. The molecule has 0 atom stereocenters. The van der Waals surface area contributed by atoms with Crippen LogP contribution in [0.4, 0.5) is 0 Å². The molecule has 0 aliphatic carbocycles. The van der Waals surface area contributed by atoms with Gasteiger partial charge in [0.2, 0.25) is 0 Å². The van der Waals surface area contributed by atoms with Crippen molar-refractivity contribution in [2.45, 2.75) is 26.6 Å². The maximum Gasteiger partial charge on any atom is 0.310 e. The lowest BCUT2D eigenvalue weighted by Gasteiger charge is -2.08. The maximum atomic E-state index is 13.4. The molecule has 4 aromatic rings. The van der Waals surface area contributed by atoms with Crippen molar-refractivity contribution >= 4 is 46.8 Å². The van der Waals surface area contributed by atoms with Crippen LogP contribution in [0.2, 0.25) is 5.02 Å². The molecule has 0 N–H and O–H groups in total. The highest BCUT2D eigenvalue weighted by Crippen LogP contribution is 2.31. The number of hydrogen-bond acceptors (Lipinski definition) is 8. The first-order valence-electron chi connectivity index (χ1n) is 11.1. The highest BCUT2D eigenvalue weighted by atomic mass is 35.5. The van der Waals surface area contributed by atoms with Gasteiger partial charge in [0.05, 0.1) is 30.4 Å². The molecule has 0 saturated heterocycles. The summed E-state index contributed by atoms with van der Waals surface area (Å²) in [5, 5.41) is 10.7. The Morgan fingerprint density at radius 1 is 1.05 bits per heavy atom. The van der Waals surface area contributed by atoms with Crippen molar-refractivity contribution in [1.82, 2.24) is 9.55 Å². The van der Waals surface area contributed by atoms with E-state index in [9.17, 15) is 19.7 Å². The van der Waals surface area contributed by atoms with Gasteiger partial charge in [-0.15, -0.1) is 22.5 Å². The molecule has 0 radical (unpaired) electrons. The van der Waals surface area contributed by atoms with Gasteiger partial charge in [0, 0.05) is 21.7 Å². The molecule has 2 aromatic carbocycles. The normalized spacial score (nSPS) is 10.5. The third-order valence-corrected chi connectivity index (χ3v) is 5.97. The van der Waals surface area contributed by atoms with Crippen LogP contribution in [0, 0.1) is 17.0 Å². The minimum Gasteiger partial charge on any atom is -0.497 e. The molecule has 38 heavy (non-hydrogen) atoms. The van der Waals surface area contributed by atoms with Gasteiger partial charge >= 0.3 is 5.97 Å². The van der Waals surface area contributed by atoms with Crippen molar-refractivity contribution in [3.05, 3.63) is 104 Å². The Kier molecular flexibility index (Phi) is 9.27. The van der Waals surface area contributed by atoms with Gasteiger partial charge in [-0.25, -0.2) is 0 Å². The van der Waals surface area contributed by atoms with E-state index in [1.165, 1.54) is 7.11 Å². The molecule has 12 heteroatoms. The van der Waals surface area contributed by atoms with Crippen LogP contribution in [-0.2, 0) is 34.0 Å². The van der Waals surface area contributed by atoms with Gasteiger partial charge < -0.3 is 14.3 Å². The first-order chi connectivity index (χ1) is 17.8. The highest BCUT2D eigenvalue weighted by molar-refractivity contribution is 6.30. The molecule has 0 fully saturated rings. The number of carbonyl (C=O) groups is 2. The van der Waals surface area contributed by atoms with E-state index in [1.807, 2.05) is 0 Å². The van der Waals surface area contributed by atoms with Gasteiger partial charge in [0.25, 0.3) is 11.0 Å². The lowest BCUT2D eigenvalue weighted by Crippen LogP contribution is -2.14. The molecule has 0 bridgehead atoms. The Balaban J connectivity index is 0.00000400. The van der Waals surface area contributed by atoms with Crippen LogP contribution in [0.15, 0.2) is 60.7 Å². The Morgan fingerprint density at radius 3 is 2.39 bits per heavy atom. The van der Waals surface area contributed by atoms with Crippen LogP contribution in [-0.4, -0.2) is 33.6 Å². The maximum absolute atomic E-state index is 13.4. The molecular weight excluding hydrogens is 537 g/mol. The van der Waals surface area contributed by atoms with Gasteiger partial charge in [-0.05, 0) is 67.1 Å². The van der Waals surface area contributed by atoms with E-state index in [0.29, 0.717) is 49.9 Å². The van der Waals surface area contributed by atoms with E-state index in [-0.39, 0.29) is 37.9 Å². The molecule has 198 valence electrons. The minimum atomic E-state index is -0.903. The Hall–Kier alpha value is -4.15. The summed E-state index contributed by atoms with van der Waals surface area (Å²) in [6.07, 6.45) is -0.0967. The summed E-state index contributed by atoms with van der Waals surface area (Å²) < 4.78 is 12.3. The summed E-state index contributed by atoms with van der Waals surface area (Å²) in [7, 11) is 1.54. The molecule has 0 spiro atoms. The van der Waals surface area contributed by atoms with E-state index in [4.69, 9.17) is 21.1 Å². The second-order valence-electron chi connectivity index (χ2n) is 8.05. The minimum absolute atomic E-state index is 0. The number of halogens is 2. The quantitative estimate of drug-likeness (QED) is 0.157. The largest absolute Gasteiger partial charge is 0.497 e. The third kappa shape index (κ3) is 6.39. The number of fused-ring (bicyclic) bond motifs is 1. The van der Waals surface area contributed by atoms with Gasteiger partial charge in [-0.1, -0.05) is 17.7 Å². The van der Waals surface area contributed by atoms with Crippen molar-refractivity contribution < 1.29 is 29.0 Å². The van der Waals surface area contributed by atoms with Crippen molar-refractivity contribution in [1.29, 1.82) is 0 Å². The fourth-order valence-corrected chi connectivity index (χ4v) is 4.08. The summed E-state index contributed by atoms with van der Waals surface area (Å²) in [6.45, 7) is 1.33. The van der Waals surface area contributed by atoms with E-state index >= 15 is 0 Å². The predicted molar refractivity (Wildman–Crippen MR) is 141 cm³/mol. The zero-order chi connectivity index (χ0) is 26.5. The third-order valence-electron chi connectivity index (χ3n) is 5.72. The molecule has 2 aromatic heterocycles. The number of hydrogen-bond donors (Lipinski definition) is 0. The standard InChI is InChI=1S/C26H22ClN3O7.ClH/c1-16-22(13-25(31)36-14-19-4-3-5-20(28-19)15-37-30(33)34)23-12-21(35-2)10-11-24(23)29(16)26(32)17-6-8-18(27)9-7-17;/h3-12H,13-15H2,1-2H3;1H. The Morgan fingerprint density at radius 2 is 1.74 bits per heavy atom. The summed E-state index contributed by atoms with van der Waals surface area (Å²) in [5.41, 5.74) is 3.04. The predicted octanol–water partition coefficient (Wildman–Crippen LogP) is 5.11. The van der Waals surface area contributed by atoms with Gasteiger partial charge in [-0.2, -0.15) is 0 Å². The second kappa shape index (κ2) is 12.4. The van der Waals surface area contributed by atoms with Gasteiger partial charge in [0.1, 0.15) is 19.0 Å². The average molecular weight is 560 g/mol. The Labute approximate surface area is 228 Å². The molecule has 10 nitrogen and oxygen atoms in total. The zero-order valence-electron chi connectivity index (χ0n) is 20.4. The molecule has 4 rings (SSSR count). The molecule has 0 aliphatic heterocycles. The molecular formula is C26H23Cl2N3O7. The highest BCUT2D eigenvalue weighted by Gasteiger charge is 2.22. The van der Waals surface area contributed by atoms with Crippen LogP contribution < -0.4 is 4.74 Å². The Bertz CT molecular complexity index is 1490. The number of aromatic nitrogens is 2. The van der Waals surface area contributed by atoms with E-state index in [2.05, 4.69) is 9.82 Å². The number of rotatable bonds is 9. The fourth-order valence-electron chi connectivity index (χ4n) is 3.95. The second-order valence-corrected chi connectivity index (χ2v) is 8.49. The summed E-state index contributed by atoms with van der Waals surface area (Å²) in [4.78, 5) is 45.1. The van der Waals surface area contributed by atoms with Crippen LogP contribution in [0.5, 0.6) is 5.75 Å². The number of carbonyl (C=O) groups excluding carboxylic acids is 2. The number of nitrogens with zero attached hydrogens (tertiary/aromatic N) is 3. The molecule has 2 heterocycles. The number of benzene rings is 2. The van der Waals surface area contributed by atoms with Crippen molar-refractivity contribution in [2.24, 2.45) is 0 Å². The van der Waals surface area contributed by atoms with Gasteiger partial charge in [-0.3, -0.25) is 19.1 Å². The number of ether oxygens (including phenoxy) is 2. The fraction of sp³-hybridized carbons (Fsp3) is 0.192. The summed E-state index contributed by atoms with van der Waals surface area (Å²) in [5.74, 6) is -0.212. The number of pyridine rings is 1. The first kappa shape index (κ1) is 28.4. The monoisotopic (exact) mass is 559 g/mol. The number of methoxy groups -OCH3 is 1. The topological polar surface area (TPSA) is 123 Å². The summed E-state index contributed by atoms with van der Waals surface area (Å²) >= 11 is 5.97. The summed E-state index contributed by atoms with van der Waals surface area (Å²) in [6, 6.07) is 16.7. The molecule has 0 saturated carbocycles. The van der Waals surface area contributed by atoms with E-state index in [1.54, 1.807) is 72.2 Å². The van der Waals surface area contributed by atoms with E-state index < -0.39 is 11.1 Å². The molecule has 0 unspecified atom stereocenters. The SMILES string of the molecule is COc1ccc2c(c1)c(CC(=O)OCc1cccc(CO[N+](=O)[O-])n1)c(C)n2C(=O)c1ccc(Cl)cc1.Cl.